The van der Waals surface area contributed by atoms with Crippen LogP contribution in [0.1, 0.15) is 28.7 Å². The van der Waals surface area contributed by atoms with E-state index in [0.717, 1.165) is 43.3 Å². The van der Waals surface area contributed by atoms with Gasteiger partial charge in [0.25, 0.3) is 0 Å². The SMILES string of the molecule is CCNC(=O)CN1CCN(CC(=O)c2cc(C)n(-c3ccc(F)c(Cl)c3)c2C)CC1. The first-order chi connectivity index (χ1) is 14.3. The summed E-state index contributed by atoms with van der Waals surface area (Å²) in [5.41, 5.74) is 3.10. The van der Waals surface area contributed by atoms with Crippen LogP contribution < -0.4 is 5.32 Å². The Labute approximate surface area is 181 Å². The number of piperazine rings is 1. The topological polar surface area (TPSA) is 57.6 Å². The van der Waals surface area contributed by atoms with Crippen molar-refractivity contribution in [2.75, 3.05) is 45.8 Å². The highest BCUT2D eigenvalue weighted by Crippen LogP contribution is 2.25. The van der Waals surface area contributed by atoms with E-state index in [-0.39, 0.29) is 16.7 Å². The molecule has 30 heavy (non-hydrogen) atoms. The minimum Gasteiger partial charge on any atom is -0.355 e. The largest absolute Gasteiger partial charge is 0.355 e. The van der Waals surface area contributed by atoms with Crippen molar-refractivity contribution in [1.82, 2.24) is 19.7 Å². The summed E-state index contributed by atoms with van der Waals surface area (Å²) < 4.78 is 15.4. The first-order valence-corrected chi connectivity index (χ1v) is 10.6. The summed E-state index contributed by atoms with van der Waals surface area (Å²) in [6.45, 7) is 10.1. The van der Waals surface area contributed by atoms with Gasteiger partial charge in [-0.05, 0) is 45.0 Å². The number of nitrogens with one attached hydrogen (secondary N) is 1. The summed E-state index contributed by atoms with van der Waals surface area (Å²) in [5.74, 6) is -0.374. The predicted molar refractivity (Wildman–Crippen MR) is 116 cm³/mol. The molecule has 2 aromatic rings. The first-order valence-electron chi connectivity index (χ1n) is 10.2. The van der Waals surface area contributed by atoms with Crippen molar-refractivity contribution in [1.29, 1.82) is 0 Å². The van der Waals surface area contributed by atoms with Gasteiger partial charge in [-0.1, -0.05) is 11.6 Å². The molecular formula is C22H28ClFN4O2. The second-order valence-electron chi connectivity index (χ2n) is 7.65. The number of benzene rings is 1. The number of carbonyl (C=O) groups excluding carboxylic acids is 2. The molecule has 1 saturated heterocycles. The summed E-state index contributed by atoms with van der Waals surface area (Å²) in [4.78, 5) is 28.9. The molecule has 1 amide bonds. The molecular weight excluding hydrogens is 407 g/mol. The molecule has 0 radical (unpaired) electrons. The van der Waals surface area contributed by atoms with E-state index in [1.165, 1.54) is 6.07 Å². The van der Waals surface area contributed by atoms with E-state index >= 15 is 0 Å². The number of aryl methyl sites for hydroxylation is 1. The number of ketones is 1. The van der Waals surface area contributed by atoms with Crippen LogP contribution in [0.2, 0.25) is 5.02 Å². The Hall–Kier alpha value is -2.22. The smallest absolute Gasteiger partial charge is 0.234 e. The zero-order valence-corrected chi connectivity index (χ0v) is 18.4. The molecule has 1 aromatic carbocycles. The molecule has 0 saturated carbocycles. The van der Waals surface area contributed by atoms with Crippen LogP contribution in [0.3, 0.4) is 0 Å². The monoisotopic (exact) mass is 434 g/mol. The maximum atomic E-state index is 13.5. The highest BCUT2D eigenvalue weighted by atomic mass is 35.5. The quantitative estimate of drug-likeness (QED) is 0.681. The van der Waals surface area contributed by atoms with E-state index < -0.39 is 5.82 Å². The van der Waals surface area contributed by atoms with Crippen LogP contribution in [0.25, 0.3) is 5.69 Å². The van der Waals surface area contributed by atoms with Gasteiger partial charge in [0.05, 0.1) is 18.1 Å². The Morgan fingerprint density at radius 3 is 2.30 bits per heavy atom. The first kappa shape index (κ1) is 22.5. The summed E-state index contributed by atoms with van der Waals surface area (Å²) >= 11 is 5.94. The number of Topliss-reactive ketones (excluding diaryl/α,β-unsaturated/α-hetero) is 1. The number of aromatic nitrogens is 1. The Balaban J connectivity index is 1.64. The number of nitrogens with zero attached hydrogens (tertiary/aromatic N) is 3. The molecule has 1 aromatic heterocycles. The average molecular weight is 435 g/mol. The van der Waals surface area contributed by atoms with Crippen molar-refractivity contribution in [2.45, 2.75) is 20.8 Å². The van der Waals surface area contributed by atoms with Crippen LogP contribution in [0.15, 0.2) is 24.3 Å². The molecule has 1 aliphatic heterocycles. The van der Waals surface area contributed by atoms with Crippen molar-refractivity contribution in [3.8, 4) is 5.69 Å². The fraction of sp³-hybridized carbons (Fsp3) is 0.455. The van der Waals surface area contributed by atoms with Gasteiger partial charge in [0, 0.05) is 55.4 Å². The third kappa shape index (κ3) is 5.09. The lowest BCUT2D eigenvalue weighted by Crippen LogP contribution is -2.50. The number of amides is 1. The Kier molecular flexibility index (Phi) is 7.28. The lowest BCUT2D eigenvalue weighted by Gasteiger charge is -2.33. The van der Waals surface area contributed by atoms with Gasteiger partial charge in [0.1, 0.15) is 5.82 Å². The van der Waals surface area contributed by atoms with Gasteiger partial charge in [0.2, 0.25) is 5.91 Å². The fourth-order valence-electron chi connectivity index (χ4n) is 3.92. The van der Waals surface area contributed by atoms with E-state index in [1.807, 2.05) is 31.4 Å². The zero-order chi connectivity index (χ0) is 21.8. The molecule has 8 heteroatoms. The van der Waals surface area contributed by atoms with Gasteiger partial charge in [0.15, 0.2) is 5.78 Å². The van der Waals surface area contributed by atoms with Crippen molar-refractivity contribution >= 4 is 23.3 Å². The summed E-state index contributed by atoms with van der Waals surface area (Å²) in [6, 6.07) is 6.43. The second-order valence-corrected chi connectivity index (χ2v) is 8.05. The standard InChI is InChI=1S/C22H28ClFN4O2/c1-4-25-22(30)14-27-9-7-26(8-10-27)13-21(29)18-11-15(2)28(16(18)3)17-5-6-20(24)19(23)12-17/h5-6,11-12H,4,7-10,13-14H2,1-3H3,(H,25,30). The Bertz CT molecular complexity index is 935. The van der Waals surface area contributed by atoms with Gasteiger partial charge in [-0.15, -0.1) is 0 Å². The molecule has 0 atom stereocenters. The molecule has 0 unspecified atom stereocenters. The second kappa shape index (κ2) is 9.73. The van der Waals surface area contributed by atoms with Crippen molar-refractivity contribution in [3.63, 3.8) is 0 Å². The van der Waals surface area contributed by atoms with Crippen LogP contribution in [-0.2, 0) is 4.79 Å². The summed E-state index contributed by atoms with van der Waals surface area (Å²) in [6.07, 6.45) is 0. The number of hydrogen-bond acceptors (Lipinski definition) is 4. The molecule has 2 heterocycles. The number of carbonyl (C=O) groups is 2. The molecule has 0 spiro atoms. The number of halogens is 2. The maximum Gasteiger partial charge on any atom is 0.234 e. The average Bonchev–Trinajstić information content (AvgIpc) is 3.00. The molecule has 3 rings (SSSR count). The molecule has 6 nitrogen and oxygen atoms in total. The molecule has 0 aliphatic carbocycles. The molecule has 1 fully saturated rings. The third-order valence-electron chi connectivity index (χ3n) is 5.47. The zero-order valence-electron chi connectivity index (χ0n) is 17.7. The van der Waals surface area contributed by atoms with E-state index in [0.29, 0.717) is 25.2 Å². The highest BCUT2D eigenvalue weighted by Gasteiger charge is 2.23. The van der Waals surface area contributed by atoms with Crippen LogP contribution in [-0.4, -0.2) is 71.9 Å². The van der Waals surface area contributed by atoms with Crippen LogP contribution in [0.4, 0.5) is 4.39 Å². The van der Waals surface area contributed by atoms with Gasteiger partial charge < -0.3 is 9.88 Å². The summed E-state index contributed by atoms with van der Waals surface area (Å²) in [7, 11) is 0. The van der Waals surface area contributed by atoms with Crippen molar-refractivity contribution in [2.24, 2.45) is 0 Å². The number of hydrogen-bond donors (Lipinski definition) is 1. The van der Waals surface area contributed by atoms with E-state index in [2.05, 4.69) is 15.1 Å². The Morgan fingerprint density at radius 2 is 1.70 bits per heavy atom. The Morgan fingerprint density at radius 1 is 1.07 bits per heavy atom. The molecule has 0 bridgehead atoms. The predicted octanol–water partition coefficient (Wildman–Crippen LogP) is 2.82. The lowest BCUT2D eigenvalue weighted by molar-refractivity contribution is -0.122. The fourth-order valence-corrected chi connectivity index (χ4v) is 4.09. The number of rotatable bonds is 7. The third-order valence-corrected chi connectivity index (χ3v) is 5.76. The van der Waals surface area contributed by atoms with Crippen LogP contribution in [0.5, 0.6) is 0 Å². The summed E-state index contributed by atoms with van der Waals surface area (Å²) in [5, 5.41) is 2.87. The van der Waals surface area contributed by atoms with Gasteiger partial charge >= 0.3 is 0 Å². The molecule has 1 aliphatic rings. The molecule has 1 N–H and O–H groups in total. The van der Waals surface area contributed by atoms with Gasteiger partial charge in [-0.2, -0.15) is 0 Å². The maximum absolute atomic E-state index is 13.5. The van der Waals surface area contributed by atoms with Crippen molar-refractivity contribution < 1.29 is 14.0 Å². The van der Waals surface area contributed by atoms with Crippen LogP contribution in [0, 0.1) is 19.7 Å². The van der Waals surface area contributed by atoms with Crippen LogP contribution >= 0.6 is 11.6 Å². The van der Waals surface area contributed by atoms with Crippen molar-refractivity contribution in [3.05, 3.63) is 52.1 Å². The minimum absolute atomic E-state index is 0.0374. The normalized spacial score (nSPS) is 15.4. The number of likely N-dealkylation sites (N-methyl/N-ethyl adjacent to an activating group) is 1. The van der Waals surface area contributed by atoms with Gasteiger partial charge in [-0.3, -0.25) is 19.4 Å². The highest BCUT2D eigenvalue weighted by molar-refractivity contribution is 6.30. The lowest BCUT2D eigenvalue weighted by atomic mass is 10.1. The van der Waals surface area contributed by atoms with E-state index in [1.54, 1.807) is 12.1 Å². The molecule has 162 valence electrons. The van der Waals surface area contributed by atoms with E-state index in [9.17, 15) is 14.0 Å². The minimum atomic E-state index is -0.467. The van der Waals surface area contributed by atoms with Gasteiger partial charge in [-0.25, -0.2) is 4.39 Å². The van der Waals surface area contributed by atoms with E-state index in [4.69, 9.17) is 11.6 Å².